The van der Waals surface area contributed by atoms with E-state index >= 15 is 0 Å². The molecule has 134 valence electrons. The molecule has 1 N–H and O–H groups in total. The number of esters is 1. The van der Waals surface area contributed by atoms with Crippen LogP contribution in [0.1, 0.15) is 24.2 Å². The van der Waals surface area contributed by atoms with E-state index in [1.165, 1.54) is 0 Å². The number of benzene rings is 1. The first-order valence-corrected chi connectivity index (χ1v) is 8.65. The van der Waals surface area contributed by atoms with Crippen LogP contribution in [0, 0.1) is 0 Å². The Balaban J connectivity index is 1.76. The molecule has 1 aromatic carbocycles. The van der Waals surface area contributed by atoms with Gasteiger partial charge in [-0.25, -0.2) is 4.79 Å². The van der Waals surface area contributed by atoms with Crippen LogP contribution in [0.4, 0.5) is 0 Å². The van der Waals surface area contributed by atoms with Crippen molar-refractivity contribution >= 4 is 5.97 Å². The fourth-order valence-corrected chi connectivity index (χ4v) is 2.76. The lowest BCUT2D eigenvalue weighted by Gasteiger charge is -2.34. The molecule has 0 amide bonds. The van der Waals surface area contributed by atoms with Crippen LogP contribution in [-0.2, 0) is 4.74 Å². The van der Waals surface area contributed by atoms with Crippen molar-refractivity contribution in [1.29, 1.82) is 0 Å². The number of β-amino-alcohol motifs (C(OH)–C–C–N with tert-alkyl or cyclic N) is 1. The second-order valence-electron chi connectivity index (χ2n) is 5.95. The molecule has 1 aromatic rings. The third kappa shape index (κ3) is 5.78. The number of ether oxygens (including phenoxy) is 2. The molecule has 0 aliphatic carbocycles. The molecule has 1 atom stereocenters. The summed E-state index contributed by atoms with van der Waals surface area (Å²) < 4.78 is 10.6. The molecule has 1 aliphatic heterocycles. The average molecular weight is 336 g/mol. The van der Waals surface area contributed by atoms with Crippen molar-refractivity contribution < 1.29 is 19.4 Å². The lowest BCUT2D eigenvalue weighted by Crippen LogP contribution is -2.49. The van der Waals surface area contributed by atoms with Gasteiger partial charge in [0.2, 0.25) is 0 Å². The number of hydrogen-bond donors (Lipinski definition) is 1. The van der Waals surface area contributed by atoms with Gasteiger partial charge in [-0.1, -0.05) is 13.0 Å². The molecular formula is C18H28N2O4. The summed E-state index contributed by atoms with van der Waals surface area (Å²) in [6.45, 7) is 10.2. The van der Waals surface area contributed by atoms with E-state index in [9.17, 15) is 9.90 Å². The van der Waals surface area contributed by atoms with Crippen molar-refractivity contribution in [3.63, 3.8) is 0 Å². The van der Waals surface area contributed by atoms with Crippen molar-refractivity contribution in [2.45, 2.75) is 20.0 Å². The van der Waals surface area contributed by atoms with Gasteiger partial charge in [0, 0.05) is 32.7 Å². The Morgan fingerprint density at radius 2 is 1.92 bits per heavy atom. The van der Waals surface area contributed by atoms with Crippen LogP contribution >= 0.6 is 0 Å². The van der Waals surface area contributed by atoms with E-state index in [-0.39, 0.29) is 12.6 Å². The highest BCUT2D eigenvalue weighted by atomic mass is 16.5. The van der Waals surface area contributed by atoms with Gasteiger partial charge in [0.1, 0.15) is 18.5 Å². The van der Waals surface area contributed by atoms with Gasteiger partial charge in [-0.15, -0.1) is 0 Å². The van der Waals surface area contributed by atoms with Crippen molar-refractivity contribution in [3.8, 4) is 5.75 Å². The zero-order valence-electron chi connectivity index (χ0n) is 14.6. The summed E-state index contributed by atoms with van der Waals surface area (Å²) in [5.41, 5.74) is 0.458. The van der Waals surface area contributed by atoms with Crippen LogP contribution in [0.3, 0.4) is 0 Å². The number of carbonyl (C=O) groups excluding carboxylic acids is 1. The molecule has 0 radical (unpaired) electrons. The molecule has 2 rings (SSSR count). The molecule has 24 heavy (non-hydrogen) atoms. The standard InChI is InChI=1S/C18H28N2O4/c1-3-19-8-10-20(11-9-19)13-16(21)14-24-17-7-5-6-15(12-17)18(22)23-4-2/h5-7,12,16,21H,3-4,8-11,13-14H2,1-2H3. The minimum Gasteiger partial charge on any atom is -0.491 e. The first-order valence-electron chi connectivity index (χ1n) is 8.65. The van der Waals surface area contributed by atoms with E-state index in [2.05, 4.69) is 16.7 Å². The number of nitrogens with zero attached hydrogens (tertiary/aromatic N) is 2. The van der Waals surface area contributed by atoms with Crippen molar-refractivity contribution in [2.24, 2.45) is 0 Å². The van der Waals surface area contributed by atoms with Gasteiger partial charge >= 0.3 is 5.97 Å². The molecule has 1 aliphatic rings. The normalized spacial score (nSPS) is 17.5. The first kappa shape index (κ1) is 18.7. The van der Waals surface area contributed by atoms with Crippen molar-refractivity contribution in [3.05, 3.63) is 29.8 Å². The summed E-state index contributed by atoms with van der Waals surface area (Å²) in [7, 11) is 0. The molecule has 1 unspecified atom stereocenters. The Labute approximate surface area is 144 Å². The summed E-state index contributed by atoms with van der Waals surface area (Å²) >= 11 is 0. The molecule has 6 heteroatoms. The number of aliphatic hydroxyl groups is 1. The number of carbonyl (C=O) groups is 1. The Bertz CT molecular complexity index is 515. The topological polar surface area (TPSA) is 62.2 Å². The number of hydrogen-bond acceptors (Lipinski definition) is 6. The zero-order chi connectivity index (χ0) is 17.4. The van der Waals surface area contributed by atoms with Crippen LogP contribution in [0.15, 0.2) is 24.3 Å². The summed E-state index contributed by atoms with van der Waals surface area (Å²) in [4.78, 5) is 16.4. The number of rotatable bonds is 8. The summed E-state index contributed by atoms with van der Waals surface area (Å²) in [5.74, 6) is 0.202. The van der Waals surface area contributed by atoms with Crippen LogP contribution in [-0.4, -0.2) is 79.5 Å². The van der Waals surface area contributed by atoms with Gasteiger partial charge in [-0.05, 0) is 31.7 Å². The van der Waals surface area contributed by atoms with Gasteiger partial charge in [0.05, 0.1) is 12.2 Å². The third-order valence-electron chi connectivity index (χ3n) is 4.17. The molecule has 0 spiro atoms. The number of aliphatic hydroxyl groups excluding tert-OH is 1. The predicted molar refractivity (Wildman–Crippen MR) is 92.5 cm³/mol. The van der Waals surface area contributed by atoms with Crippen LogP contribution in [0.5, 0.6) is 5.75 Å². The van der Waals surface area contributed by atoms with Crippen molar-refractivity contribution in [2.75, 3.05) is 52.5 Å². The maximum Gasteiger partial charge on any atom is 0.338 e. The van der Waals surface area contributed by atoms with E-state index < -0.39 is 6.10 Å². The lowest BCUT2D eigenvalue weighted by atomic mass is 10.2. The molecule has 1 fully saturated rings. The Kier molecular flexibility index (Phi) is 7.49. The Hall–Kier alpha value is -1.63. The third-order valence-corrected chi connectivity index (χ3v) is 4.17. The van der Waals surface area contributed by atoms with Crippen LogP contribution < -0.4 is 4.74 Å². The average Bonchev–Trinajstić information content (AvgIpc) is 2.61. The molecule has 1 heterocycles. The van der Waals surface area contributed by atoms with Crippen molar-refractivity contribution in [1.82, 2.24) is 9.80 Å². The molecule has 1 saturated heterocycles. The summed E-state index contributed by atoms with van der Waals surface area (Å²) in [6.07, 6.45) is -0.551. The number of piperazine rings is 1. The van der Waals surface area contributed by atoms with Crippen LogP contribution in [0.2, 0.25) is 0 Å². The van der Waals surface area contributed by atoms with E-state index in [0.717, 1.165) is 32.7 Å². The fraction of sp³-hybridized carbons (Fsp3) is 0.611. The molecule has 0 aromatic heterocycles. The van der Waals surface area contributed by atoms with Crippen LogP contribution in [0.25, 0.3) is 0 Å². The van der Waals surface area contributed by atoms with E-state index in [4.69, 9.17) is 9.47 Å². The predicted octanol–water partition coefficient (Wildman–Crippen LogP) is 1.24. The minimum atomic E-state index is -0.551. The molecule has 0 saturated carbocycles. The van der Waals surface area contributed by atoms with E-state index in [0.29, 0.717) is 24.5 Å². The highest BCUT2D eigenvalue weighted by molar-refractivity contribution is 5.89. The van der Waals surface area contributed by atoms with Gasteiger partial charge in [-0.2, -0.15) is 0 Å². The molecular weight excluding hydrogens is 308 g/mol. The van der Waals surface area contributed by atoms with Gasteiger partial charge in [0.15, 0.2) is 0 Å². The summed E-state index contributed by atoms with van der Waals surface area (Å²) in [6, 6.07) is 6.85. The fourth-order valence-electron chi connectivity index (χ4n) is 2.76. The SMILES string of the molecule is CCOC(=O)c1cccc(OCC(O)CN2CCN(CC)CC2)c1. The second-order valence-corrected chi connectivity index (χ2v) is 5.95. The second kappa shape index (κ2) is 9.61. The smallest absolute Gasteiger partial charge is 0.338 e. The Morgan fingerprint density at radius 3 is 2.58 bits per heavy atom. The van der Waals surface area contributed by atoms with E-state index in [1.54, 1.807) is 31.2 Å². The highest BCUT2D eigenvalue weighted by Crippen LogP contribution is 2.15. The molecule has 6 nitrogen and oxygen atoms in total. The lowest BCUT2D eigenvalue weighted by molar-refractivity contribution is 0.0469. The summed E-state index contributed by atoms with van der Waals surface area (Å²) in [5, 5.41) is 10.2. The molecule has 0 bridgehead atoms. The van der Waals surface area contributed by atoms with Gasteiger partial charge in [-0.3, -0.25) is 4.90 Å². The van der Waals surface area contributed by atoms with Gasteiger partial charge < -0.3 is 19.5 Å². The maximum atomic E-state index is 11.7. The zero-order valence-corrected chi connectivity index (χ0v) is 14.6. The van der Waals surface area contributed by atoms with E-state index in [1.807, 2.05) is 0 Å². The van der Waals surface area contributed by atoms with Gasteiger partial charge in [0.25, 0.3) is 0 Å². The largest absolute Gasteiger partial charge is 0.491 e. The monoisotopic (exact) mass is 336 g/mol. The quantitative estimate of drug-likeness (QED) is 0.721. The first-order chi connectivity index (χ1) is 11.6. The minimum absolute atomic E-state index is 0.209. The highest BCUT2D eigenvalue weighted by Gasteiger charge is 2.18. The Morgan fingerprint density at radius 1 is 1.21 bits per heavy atom. The maximum absolute atomic E-state index is 11.7. The number of likely N-dealkylation sites (N-methyl/N-ethyl adjacent to an activating group) is 1.